The van der Waals surface area contributed by atoms with Crippen molar-refractivity contribution in [2.75, 3.05) is 44.5 Å². The number of amides is 7. The molecule has 7 amide bonds. The normalized spacial score (nSPS) is 12.4. The Balaban J connectivity index is 1.16. The molecule has 19 nitrogen and oxygen atoms in total. The number of imide groups is 1. The van der Waals surface area contributed by atoms with E-state index in [1.807, 2.05) is 0 Å². The molecule has 7 rings (SSSR count). The van der Waals surface area contributed by atoms with Crippen LogP contribution in [0.25, 0.3) is 22.1 Å². The first-order valence-electron chi connectivity index (χ1n) is 19.3. The Hall–Kier alpha value is -7.65. The summed E-state index contributed by atoms with van der Waals surface area (Å²) in [5.41, 5.74) is 13.2. The van der Waals surface area contributed by atoms with Gasteiger partial charge in [0.05, 0.1) is 34.5 Å². The maximum atomic E-state index is 13.4. The van der Waals surface area contributed by atoms with Gasteiger partial charge in [-0.15, -0.1) is 22.7 Å². The van der Waals surface area contributed by atoms with Crippen LogP contribution in [0.5, 0.6) is 11.5 Å². The lowest BCUT2D eigenvalue weighted by molar-refractivity contribution is -0.138. The number of allylic oxidation sites excluding steroid dienone is 2. The average Bonchev–Trinajstić information content (AvgIpc) is 4.12. The fourth-order valence-electron chi connectivity index (χ4n) is 6.72. The summed E-state index contributed by atoms with van der Waals surface area (Å²) in [5.74, 6) is -2.55. The Kier molecular flexibility index (Phi) is 13.1. The molecule has 6 aromatic rings. The van der Waals surface area contributed by atoms with Crippen LogP contribution in [0.1, 0.15) is 52.9 Å². The lowest BCUT2D eigenvalue weighted by Gasteiger charge is -2.19. The Morgan fingerprint density at radius 3 is 1.76 bits per heavy atom. The summed E-state index contributed by atoms with van der Waals surface area (Å²) in [7, 11) is 3.04. The van der Waals surface area contributed by atoms with Crippen LogP contribution >= 0.6 is 22.7 Å². The van der Waals surface area contributed by atoms with Crippen LogP contribution in [0.2, 0.25) is 0 Å². The van der Waals surface area contributed by atoms with E-state index >= 15 is 0 Å². The molecule has 0 bridgehead atoms. The maximum Gasteiger partial charge on any atom is 0.268 e. The maximum absolute atomic E-state index is 13.4. The summed E-state index contributed by atoms with van der Waals surface area (Å²) < 4.78 is 15.3. The number of thiophene rings is 2. The minimum Gasteiger partial charge on any atom is -0.494 e. The number of benzene rings is 2. The molecular formula is C42H40N10O9S2. The fraction of sp³-hybridized carbons (Fsp3) is 0.214. The summed E-state index contributed by atoms with van der Waals surface area (Å²) in [6, 6.07) is 12.8. The van der Waals surface area contributed by atoms with Crippen molar-refractivity contribution in [1.29, 1.82) is 0 Å². The molecule has 5 heterocycles. The molecule has 324 valence electrons. The van der Waals surface area contributed by atoms with Crippen LogP contribution in [0, 0.1) is 0 Å². The number of rotatable bonds is 19. The number of hydrogen-bond donors (Lipinski definition) is 4. The summed E-state index contributed by atoms with van der Waals surface area (Å²) in [5, 5.41) is 9.27. The largest absolute Gasteiger partial charge is 0.494 e. The van der Waals surface area contributed by atoms with E-state index in [1.165, 1.54) is 58.9 Å². The number of carbonyl (C=O) groups is 7. The molecular weight excluding hydrogens is 853 g/mol. The highest BCUT2D eigenvalue weighted by Crippen LogP contribution is 2.33. The van der Waals surface area contributed by atoms with Gasteiger partial charge in [0, 0.05) is 62.9 Å². The third kappa shape index (κ3) is 9.63. The third-order valence-corrected chi connectivity index (χ3v) is 11.6. The third-order valence-electron chi connectivity index (χ3n) is 9.86. The van der Waals surface area contributed by atoms with Gasteiger partial charge in [-0.25, -0.2) is 9.97 Å². The number of anilines is 2. The number of fused-ring (bicyclic) bond motifs is 2. The van der Waals surface area contributed by atoms with E-state index in [2.05, 4.69) is 20.6 Å². The number of primary amides is 2. The van der Waals surface area contributed by atoms with E-state index < -0.39 is 29.5 Å². The Morgan fingerprint density at radius 2 is 1.29 bits per heavy atom. The quantitative estimate of drug-likeness (QED) is 0.0513. The molecule has 0 fully saturated rings. The second-order valence-corrected chi connectivity index (χ2v) is 15.9. The van der Waals surface area contributed by atoms with Gasteiger partial charge in [0.15, 0.2) is 0 Å². The van der Waals surface area contributed by atoms with Crippen LogP contribution < -0.4 is 31.6 Å². The molecule has 0 radical (unpaired) electrons. The fourth-order valence-corrected chi connectivity index (χ4v) is 7.95. The van der Waals surface area contributed by atoms with Crippen molar-refractivity contribution in [2.45, 2.75) is 25.9 Å². The highest BCUT2D eigenvalue weighted by atomic mass is 32.1. The molecule has 1 aliphatic heterocycles. The second kappa shape index (κ2) is 19.0. The Bertz CT molecular complexity index is 2810. The lowest BCUT2D eigenvalue weighted by Crippen LogP contribution is -2.36. The number of ether oxygens (including phenoxy) is 2. The summed E-state index contributed by atoms with van der Waals surface area (Å²) >= 11 is 2.50. The Morgan fingerprint density at radius 1 is 0.778 bits per heavy atom. The molecule has 21 heteroatoms. The molecule has 6 N–H and O–H groups in total. The van der Waals surface area contributed by atoms with E-state index in [0.29, 0.717) is 44.0 Å². The van der Waals surface area contributed by atoms with Crippen molar-refractivity contribution >= 4 is 98.0 Å². The average molecular weight is 893 g/mol. The van der Waals surface area contributed by atoms with E-state index in [1.54, 1.807) is 63.4 Å². The van der Waals surface area contributed by atoms with Gasteiger partial charge in [-0.2, -0.15) is 0 Å². The minimum atomic E-state index is -0.733. The highest BCUT2D eigenvalue weighted by molar-refractivity contribution is 7.12. The van der Waals surface area contributed by atoms with Crippen molar-refractivity contribution in [1.82, 2.24) is 28.9 Å². The number of nitrogens with one attached hydrogen (secondary N) is 2. The summed E-state index contributed by atoms with van der Waals surface area (Å²) in [6.45, 7) is 0.589. The standard InChI is InChI=1S/C42H40N10O9S2/c1-49(32(53)12-16-50-33(54)10-11-34(50)55)13-7-17-61-29-23-25(38(44)57)21-27-36(29)52(42(46-27)48-40(59)31-9-6-19-63-31)15-4-3-14-51-35-26(20-24(37(43)56)22-28(35)60-2)45-41(51)47-39(58)30-8-5-18-62-30/h3-6,8-11,18-23H,7,12-17H2,1-2H3,(H2,43,56)(H2,44,57)(H,45,47,58)(H,46,48,59)/b4-3+. The number of imidazole rings is 2. The SMILES string of the molecule is COc1cc(C(N)=O)cc2nc(NC(=O)c3cccs3)n(C/C=C/Cn3c(NC(=O)c4cccs4)nc4cc(C(N)=O)cc(OCCCN(C)C(=O)CCN5C(=O)C=CC5=O)c43)c12. The van der Waals surface area contributed by atoms with E-state index in [9.17, 15) is 33.6 Å². The van der Waals surface area contributed by atoms with Gasteiger partial charge in [0.25, 0.3) is 23.6 Å². The molecule has 0 saturated heterocycles. The van der Waals surface area contributed by atoms with Crippen LogP contribution in [-0.2, 0) is 27.5 Å². The minimum absolute atomic E-state index is 0.0375. The number of hydrogen-bond acceptors (Lipinski definition) is 13. The van der Waals surface area contributed by atoms with Crippen LogP contribution in [0.3, 0.4) is 0 Å². The molecule has 0 atom stereocenters. The van der Waals surface area contributed by atoms with Gasteiger partial charge < -0.3 is 35.0 Å². The van der Waals surface area contributed by atoms with Gasteiger partial charge in [0.2, 0.25) is 29.6 Å². The monoisotopic (exact) mass is 892 g/mol. The van der Waals surface area contributed by atoms with Crippen molar-refractivity contribution < 1.29 is 43.0 Å². The molecule has 0 spiro atoms. The van der Waals surface area contributed by atoms with Crippen LogP contribution in [0.15, 0.2) is 83.6 Å². The summed E-state index contributed by atoms with van der Waals surface area (Å²) in [4.78, 5) is 100. The molecule has 63 heavy (non-hydrogen) atoms. The molecule has 1 aliphatic rings. The van der Waals surface area contributed by atoms with Gasteiger partial charge in [-0.3, -0.25) is 49.1 Å². The number of methoxy groups -OCH3 is 1. The number of nitrogens with two attached hydrogens (primary N) is 2. The topological polar surface area (TPSA) is 256 Å². The van der Waals surface area contributed by atoms with Gasteiger partial charge in [0.1, 0.15) is 22.5 Å². The zero-order valence-electron chi connectivity index (χ0n) is 33.9. The molecule has 0 saturated carbocycles. The van der Waals surface area contributed by atoms with Crippen molar-refractivity contribution in [3.8, 4) is 11.5 Å². The number of aromatic nitrogens is 4. The first kappa shape index (κ1) is 43.4. The van der Waals surface area contributed by atoms with Gasteiger partial charge >= 0.3 is 0 Å². The predicted octanol–water partition coefficient (Wildman–Crippen LogP) is 4.02. The molecule has 4 aromatic heterocycles. The summed E-state index contributed by atoms with van der Waals surface area (Å²) in [6.07, 6.45) is 6.25. The van der Waals surface area contributed by atoms with Gasteiger partial charge in [-0.05, 0) is 53.6 Å². The van der Waals surface area contributed by atoms with Crippen LogP contribution in [-0.4, -0.2) is 104 Å². The predicted molar refractivity (Wildman–Crippen MR) is 235 cm³/mol. The highest BCUT2D eigenvalue weighted by Gasteiger charge is 2.25. The van der Waals surface area contributed by atoms with E-state index in [4.69, 9.17) is 20.9 Å². The number of carbonyl (C=O) groups excluding carboxylic acids is 7. The Labute approximate surface area is 366 Å². The second-order valence-electron chi connectivity index (χ2n) is 14.0. The van der Waals surface area contributed by atoms with Crippen LogP contribution in [0.4, 0.5) is 11.9 Å². The van der Waals surface area contributed by atoms with Crippen molar-refractivity contribution in [2.24, 2.45) is 11.5 Å². The smallest absolute Gasteiger partial charge is 0.268 e. The molecule has 2 aromatic carbocycles. The zero-order valence-corrected chi connectivity index (χ0v) is 35.5. The van der Waals surface area contributed by atoms with Crippen molar-refractivity contribution in [3.05, 3.63) is 104 Å². The van der Waals surface area contributed by atoms with E-state index in [-0.39, 0.29) is 79.8 Å². The lowest BCUT2D eigenvalue weighted by atomic mass is 10.1. The zero-order chi connectivity index (χ0) is 44.8. The first-order valence-corrected chi connectivity index (χ1v) is 21.1. The molecule has 0 unspecified atom stereocenters. The van der Waals surface area contributed by atoms with Gasteiger partial charge in [-0.1, -0.05) is 24.3 Å². The molecule has 0 aliphatic carbocycles. The van der Waals surface area contributed by atoms with E-state index in [0.717, 1.165) is 17.1 Å². The number of nitrogens with zero attached hydrogens (tertiary/aromatic N) is 6. The first-order chi connectivity index (χ1) is 30.3. The van der Waals surface area contributed by atoms with Crippen molar-refractivity contribution in [3.63, 3.8) is 0 Å².